The van der Waals surface area contributed by atoms with Crippen molar-refractivity contribution in [2.24, 2.45) is 0 Å². The van der Waals surface area contributed by atoms with E-state index in [0.29, 0.717) is 0 Å². The number of nitrogens with one attached hydrogen (secondary N) is 1. The first-order valence-electron chi connectivity index (χ1n) is 8.22. The van der Waals surface area contributed by atoms with Gasteiger partial charge in [-0.15, -0.1) is 0 Å². The van der Waals surface area contributed by atoms with Gasteiger partial charge < -0.3 is 10.2 Å². The van der Waals surface area contributed by atoms with Gasteiger partial charge in [0, 0.05) is 12.6 Å². The van der Waals surface area contributed by atoms with Crippen molar-refractivity contribution in [1.82, 2.24) is 10.2 Å². The zero-order valence-electron chi connectivity index (χ0n) is 14.9. The summed E-state index contributed by atoms with van der Waals surface area (Å²) in [6, 6.07) is 16.2. The van der Waals surface area contributed by atoms with E-state index in [1.54, 1.807) is 6.08 Å². The Bertz CT molecular complexity index is 674. The van der Waals surface area contributed by atoms with E-state index in [0.717, 1.165) is 17.7 Å². The molecule has 3 heteroatoms. The molecule has 126 valence electrons. The fourth-order valence-electron chi connectivity index (χ4n) is 2.71. The largest absolute Gasteiger partial charge is 0.342 e. The molecule has 1 amide bonds. The van der Waals surface area contributed by atoms with Crippen LogP contribution in [0.3, 0.4) is 0 Å². The van der Waals surface area contributed by atoms with Crippen molar-refractivity contribution in [3.8, 4) is 0 Å². The van der Waals surface area contributed by atoms with Gasteiger partial charge in [0.15, 0.2) is 0 Å². The maximum Gasteiger partial charge on any atom is 0.244 e. The molecule has 0 spiro atoms. The summed E-state index contributed by atoms with van der Waals surface area (Å²) in [5.41, 5.74) is 4.59. The van der Waals surface area contributed by atoms with Gasteiger partial charge in [-0.1, -0.05) is 54.6 Å². The molecule has 0 aliphatic carbocycles. The normalized spacial score (nSPS) is 11.4. The zero-order valence-corrected chi connectivity index (χ0v) is 14.9. The number of hydrogen-bond acceptors (Lipinski definition) is 2. The van der Waals surface area contributed by atoms with Crippen molar-refractivity contribution < 1.29 is 4.79 Å². The van der Waals surface area contributed by atoms with Gasteiger partial charge in [0.05, 0.1) is 6.04 Å². The second-order valence-electron chi connectivity index (χ2n) is 6.32. The number of carbonyl (C=O) groups excluding carboxylic acids is 1. The van der Waals surface area contributed by atoms with E-state index in [4.69, 9.17) is 0 Å². The number of rotatable bonds is 6. The third-order valence-electron chi connectivity index (χ3n) is 4.03. The van der Waals surface area contributed by atoms with Crippen molar-refractivity contribution in [3.63, 3.8) is 0 Å². The van der Waals surface area contributed by atoms with Gasteiger partial charge in [-0.2, -0.15) is 0 Å². The summed E-state index contributed by atoms with van der Waals surface area (Å²) in [5, 5.41) is 3.16. The highest BCUT2D eigenvalue weighted by Crippen LogP contribution is 2.27. The summed E-state index contributed by atoms with van der Waals surface area (Å²) in [4.78, 5) is 14.4. The van der Waals surface area contributed by atoms with Crippen LogP contribution in [-0.2, 0) is 4.79 Å². The molecule has 2 rings (SSSR count). The lowest BCUT2D eigenvalue weighted by molar-refractivity contribution is -0.117. The molecule has 2 aromatic carbocycles. The maximum absolute atomic E-state index is 12.4. The second-order valence-corrected chi connectivity index (χ2v) is 6.32. The predicted molar refractivity (Wildman–Crippen MR) is 100 cm³/mol. The third-order valence-corrected chi connectivity index (χ3v) is 4.03. The van der Waals surface area contributed by atoms with Crippen LogP contribution in [-0.4, -0.2) is 31.4 Å². The first kappa shape index (κ1) is 18.0. The van der Waals surface area contributed by atoms with Crippen molar-refractivity contribution in [3.05, 3.63) is 82.9 Å². The highest BCUT2D eigenvalue weighted by molar-refractivity contribution is 5.88. The van der Waals surface area contributed by atoms with Gasteiger partial charge in [-0.05, 0) is 50.2 Å². The molecule has 0 aliphatic rings. The molecule has 0 fully saturated rings. The summed E-state index contributed by atoms with van der Waals surface area (Å²) >= 11 is 0. The van der Waals surface area contributed by atoms with Gasteiger partial charge in [-0.25, -0.2) is 0 Å². The van der Waals surface area contributed by atoms with E-state index in [2.05, 4.69) is 43.4 Å². The predicted octanol–water partition coefficient (Wildman–Crippen LogP) is 3.63. The Balaban J connectivity index is 2.31. The highest BCUT2D eigenvalue weighted by atomic mass is 16.1. The fraction of sp³-hybridized carbons (Fsp3) is 0.286. The van der Waals surface area contributed by atoms with Crippen molar-refractivity contribution in [2.75, 3.05) is 20.6 Å². The van der Waals surface area contributed by atoms with E-state index in [9.17, 15) is 4.79 Å². The van der Waals surface area contributed by atoms with Crippen LogP contribution in [0.5, 0.6) is 0 Å². The first-order valence-corrected chi connectivity index (χ1v) is 8.22. The van der Waals surface area contributed by atoms with Crippen LogP contribution in [0.4, 0.5) is 0 Å². The average molecular weight is 322 g/mol. The molecule has 0 saturated carbocycles. The second kappa shape index (κ2) is 8.46. The molecule has 2 aromatic rings. The average Bonchev–Trinajstić information content (AvgIpc) is 2.54. The van der Waals surface area contributed by atoms with Gasteiger partial charge in [-0.3, -0.25) is 4.79 Å². The Morgan fingerprint density at radius 1 is 1.00 bits per heavy atom. The molecular weight excluding hydrogens is 296 g/mol. The van der Waals surface area contributed by atoms with E-state index in [1.807, 2.05) is 49.3 Å². The standard InChI is InChI=1S/C21H26N2O/c1-16-10-5-7-12-18(16)21(19-13-8-6-11-17(19)2)22-20(24)14-9-15-23(3)4/h5-14,21H,15H2,1-4H3,(H,22,24)/b14-9+. The minimum absolute atomic E-state index is 0.0756. The quantitative estimate of drug-likeness (QED) is 0.824. The van der Waals surface area contributed by atoms with E-state index in [1.165, 1.54) is 11.1 Å². The topological polar surface area (TPSA) is 32.3 Å². The Kier molecular flexibility index (Phi) is 6.33. The lowest BCUT2D eigenvalue weighted by Gasteiger charge is -2.22. The SMILES string of the molecule is Cc1ccccc1C(NC(=O)/C=C/CN(C)C)c1ccccc1C. The number of aryl methyl sites for hydroxylation is 2. The molecule has 0 unspecified atom stereocenters. The summed E-state index contributed by atoms with van der Waals surface area (Å²) in [6.07, 6.45) is 3.49. The number of likely N-dealkylation sites (N-methyl/N-ethyl adjacent to an activating group) is 1. The summed E-state index contributed by atoms with van der Waals surface area (Å²) in [6.45, 7) is 4.90. The Morgan fingerprint density at radius 3 is 1.96 bits per heavy atom. The lowest BCUT2D eigenvalue weighted by atomic mass is 9.92. The highest BCUT2D eigenvalue weighted by Gasteiger charge is 2.18. The van der Waals surface area contributed by atoms with E-state index < -0.39 is 0 Å². The molecule has 0 aliphatic heterocycles. The summed E-state index contributed by atoms with van der Waals surface area (Å²) < 4.78 is 0. The van der Waals surface area contributed by atoms with Crippen LogP contribution in [0.25, 0.3) is 0 Å². The molecular formula is C21H26N2O. The molecule has 0 atom stereocenters. The minimum Gasteiger partial charge on any atom is -0.342 e. The zero-order chi connectivity index (χ0) is 17.5. The van der Waals surface area contributed by atoms with Gasteiger partial charge in [0.25, 0.3) is 0 Å². The smallest absolute Gasteiger partial charge is 0.244 e. The van der Waals surface area contributed by atoms with Gasteiger partial charge >= 0.3 is 0 Å². The first-order chi connectivity index (χ1) is 11.5. The van der Waals surface area contributed by atoms with Crippen LogP contribution in [0.2, 0.25) is 0 Å². The van der Waals surface area contributed by atoms with Gasteiger partial charge in [0.1, 0.15) is 0 Å². The molecule has 24 heavy (non-hydrogen) atoms. The van der Waals surface area contributed by atoms with Crippen LogP contribution in [0, 0.1) is 13.8 Å². The fourth-order valence-corrected chi connectivity index (χ4v) is 2.71. The number of benzene rings is 2. The van der Waals surface area contributed by atoms with Crippen molar-refractivity contribution in [2.45, 2.75) is 19.9 Å². The number of nitrogens with zero attached hydrogens (tertiary/aromatic N) is 1. The van der Waals surface area contributed by atoms with Crippen LogP contribution in [0.15, 0.2) is 60.7 Å². The maximum atomic E-state index is 12.4. The number of amides is 1. The van der Waals surface area contributed by atoms with Crippen LogP contribution in [0.1, 0.15) is 28.3 Å². The monoisotopic (exact) mass is 322 g/mol. The Morgan fingerprint density at radius 2 is 1.50 bits per heavy atom. The van der Waals surface area contributed by atoms with Gasteiger partial charge in [0.2, 0.25) is 5.91 Å². The van der Waals surface area contributed by atoms with Crippen molar-refractivity contribution in [1.29, 1.82) is 0 Å². The van der Waals surface area contributed by atoms with Crippen molar-refractivity contribution >= 4 is 5.91 Å². The Labute approximate surface area is 145 Å². The van der Waals surface area contributed by atoms with Crippen LogP contribution < -0.4 is 5.32 Å². The molecule has 0 saturated heterocycles. The third kappa shape index (κ3) is 4.80. The molecule has 0 heterocycles. The van der Waals surface area contributed by atoms with E-state index >= 15 is 0 Å². The molecule has 3 nitrogen and oxygen atoms in total. The molecule has 0 bridgehead atoms. The number of carbonyl (C=O) groups is 1. The summed E-state index contributed by atoms with van der Waals surface area (Å²) in [7, 11) is 3.96. The Hall–Kier alpha value is -2.39. The summed E-state index contributed by atoms with van der Waals surface area (Å²) in [5.74, 6) is -0.0756. The minimum atomic E-state index is -0.149. The molecule has 0 aromatic heterocycles. The van der Waals surface area contributed by atoms with Crippen LogP contribution >= 0.6 is 0 Å². The molecule has 1 N–H and O–H groups in total. The lowest BCUT2D eigenvalue weighted by Crippen LogP contribution is -2.29. The molecule has 0 radical (unpaired) electrons. The number of hydrogen-bond donors (Lipinski definition) is 1. The van der Waals surface area contributed by atoms with E-state index in [-0.39, 0.29) is 11.9 Å².